The number of fused-ring (bicyclic) bond motifs is 2. The molecule has 0 aliphatic carbocycles. The van der Waals surface area contributed by atoms with Gasteiger partial charge in [0.25, 0.3) is 0 Å². The van der Waals surface area contributed by atoms with Crippen LogP contribution in [0, 0.1) is 11.7 Å². The number of carbonyl (C=O) groups is 1. The van der Waals surface area contributed by atoms with Gasteiger partial charge >= 0.3 is 0 Å². The zero-order valence-electron chi connectivity index (χ0n) is 23.2. The van der Waals surface area contributed by atoms with Crippen molar-refractivity contribution in [2.45, 2.75) is 76.0 Å². The number of sulfonamides is 1. The van der Waals surface area contributed by atoms with Crippen LogP contribution in [0.25, 0.3) is 0 Å². The third-order valence-corrected chi connectivity index (χ3v) is 10.8. The molecule has 3 aliphatic heterocycles. The summed E-state index contributed by atoms with van der Waals surface area (Å²) in [6.45, 7) is 5.80. The lowest BCUT2D eigenvalue weighted by Crippen LogP contribution is -2.62. The third-order valence-electron chi connectivity index (χ3n) is 8.66. The van der Waals surface area contributed by atoms with Crippen LogP contribution >= 0.6 is 11.6 Å². The van der Waals surface area contributed by atoms with Crippen molar-refractivity contribution < 1.29 is 22.3 Å². The Labute approximate surface area is 241 Å². The molecule has 3 heterocycles. The van der Waals surface area contributed by atoms with E-state index >= 15 is 4.39 Å². The first kappa shape index (κ1) is 29.5. The van der Waals surface area contributed by atoms with E-state index in [-0.39, 0.29) is 47.6 Å². The van der Waals surface area contributed by atoms with E-state index in [1.54, 1.807) is 16.4 Å². The topological polar surface area (TPSA) is 87.7 Å². The standard InChI is InChI=1S/C30H39ClFN3O4S/c1-30(2)17-21(12-14-39-30)26(20-6-8-22(31)9-7-20)16-29(36)34-28-5-3-4-27(32)25(28)11-10-24-18-33-23-13-15-40(37,38)35(24)19-23/h3-9,21,23-24,26,33H,10-19H2,1-2H3,(H,34,36)/t21?,23-,24+,26+/m1/s1. The molecule has 0 radical (unpaired) electrons. The SMILES string of the molecule is CC1(C)CC([C@@H](CC(=O)Nc2cccc(F)c2CC[C@H]2CN[C@@H]3CCS(=O)(=O)N2C3)c2ccc(Cl)cc2)CCO1. The summed E-state index contributed by atoms with van der Waals surface area (Å²) in [4.78, 5) is 13.5. The van der Waals surface area contributed by atoms with Crippen LogP contribution in [-0.2, 0) is 26.0 Å². The molecular weight excluding hydrogens is 553 g/mol. The maximum absolute atomic E-state index is 15.1. The van der Waals surface area contributed by atoms with Gasteiger partial charge in [0.2, 0.25) is 15.9 Å². The van der Waals surface area contributed by atoms with Crippen LogP contribution < -0.4 is 10.6 Å². The number of hydrogen-bond donors (Lipinski definition) is 2. The van der Waals surface area contributed by atoms with Gasteiger partial charge in [0.05, 0.1) is 11.4 Å². The Bertz CT molecular complexity index is 1320. The molecule has 2 N–H and O–H groups in total. The van der Waals surface area contributed by atoms with Gasteiger partial charge in [0.15, 0.2) is 0 Å². The Morgan fingerprint density at radius 1 is 1.23 bits per heavy atom. The number of ether oxygens (including phenoxy) is 1. The first-order valence-corrected chi connectivity index (χ1v) is 16.2. The Kier molecular flexibility index (Phi) is 8.88. The third kappa shape index (κ3) is 6.87. The number of nitrogens with one attached hydrogen (secondary N) is 2. The van der Waals surface area contributed by atoms with Crippen molar-refractivity contribution in [1.29, 1.82) is 0 Å². The van der Waals surface area contributed by atoms with Crippen molar-refractivity contribution in [3.8, 4) is 0 Å². The van der Waals surface area contributed by atoms with Crippen molar-refractivity contribution in [2.24, 2.45) is 5.92 Å². The van der Waals surface area contributed by atoms with Gasteiger partial charge in [-0.1, -0.05) is 29.8 Å². The van der Waals surface area contributed by atoms with E-state index in [0.29, 0.717) is 55.2 Å². The summed E-state index contributed by atoms with van der Waals surface area (Å²) in [5, 5.41) is 7.06. The number of amides is 1. The monoisotopic (exact) mass is 591 g/mol. The first-order chi connectivity index (χ1) is 19.0. The van der Waals surface area contributed by atoms with E-state index in [9.17, 15) is 13.2 Å². The predicted octanol–water partition coefficient (Wildman–Crippen LogP) is 5.11. The Balaban J connectivity index is 1.30. The van der Waals surface area contributed by atoms with Crippen LogP contribution in [-0.4, -0.2) is 61.8 Å². The van der Waals surface area contributed by atoms with Crippen molar-refractivity contribution in [1.82, 2.24) is 9.62 Å². The second kappa shape index (κ2) is 12.1. The average molecular weight is 592 g/mol. The summed E-state index contributed by atoms with van der Waals surface area (Å²) in [5.74, 6) is -0.237. The second-order valence-corrected chi connectivity index (χ2v) is 14.5. The molecule has 5 atom stereocenters. The lowest BCUT2D eigenvalue weighted by molar-refractivity contribution is -0.118. The fraction of sp³-hybridized carbons (Fsp3) is 0.567. The molecule has 2 aromatic rings. The first-order valence-electron chi connectivity index (χ1n) is 14.2. The van der Waals surface area contributed by atoms with Gasteiger partial charge < -0.3 is 15.4 Å². The highest BCUT2D eigenvalue weighted by molar-refractivity contribution is 7.89. The molecule has 7 nitrogen and oxygen atoms in total. The van der Waals surface area contributed by atoms with Gasteiger partial charge in [-0.15, -0.1) is 0 Å². The van der Waals surface area contributed by atoms with E-state index < -0.39 is 15.8 Å². The van der Waals surface area contributed by atoms with Crippen molar-refractivity contribution in [3.63, 3.8) is 0 Å². The number of benzene rings is 2. The number of piperazine rings is 1. The van der Waals surface area contributed by atoms with E-state index in [0.717, 1.165) is 18.4 Å². The zero-order valence-corrected chi connectivity index (χ0v) is 24.7. The molecule has 2 bridgehead atoms. The summed E-state index contributed by atoms with van der Waals surface area (Å²) in [6, 6.07) is 12.3. The van der Waals surface area contributed by atoms with Gasteiger partial charge in [0.1, 0.15) is 5.82 Å². The molecule has 40 heavy (non-hydrogen) atoms. The summed E-state index contributed by atoms with van der Waals surface area (Å²) in [5.41, 5.74) is 1.63. The fourth-order valence-electron chi connectivity index (χ4n) is 6.55. The van der Waals surface area contributed by atoms with Crippen LogP contribution in [0.2, 0.25) is 5.02 Å². The van der Waals surface area contributed by atoms with Gasteiger partial charge in [-0.2, -0.15) is 4.31 Å². The number of hydrogen-bond acceptors (Lipinski definition) is 5. The van der Waals surface area contributed by atoms with Gasteiger partial charge in [-0.25, -0.2) is 12.8 Å². The number of nitrogens with zero attached hydrogens (tertiary/aromatic N) is 1. The summed E-state index contributed by atoms with van der Waals surface area (Å²) >= 11 is 6.15. The van der Waals surface area contributed by atoms with E-state index in [1.807, 2.05) is 24.3 Å². The Morgan fingerprint density at radius 3 is 2.75 bits per heavy atom. The minimum Gasteiger partial charge on any atom is -0.376 e. The van der Waals surface area contributed by atoms with Crippen molar-refractivity contribution >= 4 is 33.2 Å². The second-order valence-electron chi connectivity index (χ2n) is 12.0. The number of anilines is 1. The Hall–Kier alpha value is -2.04. The maximum Gasteiger partial charge on any atom is 0.225 e. The van der Waals surface area contributed by atoms with Gasteiger partial charge in [-0.3, -0.25) is 4.79 Å². The molecule has 0 aromatic heterocycles. The highest BCUT2D eigenvalue weighted by Crippen LogP contribution is 2.40. The lowest BCUT2D eigenvalue weighted by Gasteiger charge is -2.43. The van der Waals surface area contributed by atoms with Gasteiger partial charge in [-0.05, 0) is 87.6 Å². The highest BCUT2D eigenvalue weighted by atomic mass is 35.5. The average Bonchev–Trinajstić information content (AvgIpc) is 2.90. The molecule has 2 aromatic carbocycles. The van der Waals surface area contributed by atoms with E-state index in [2.05, 4.69) is 24.5 Å². The smallest absolute Gasteiger partial charge is 0.225 e. The summed E-state index contributed by atoms with van der Waals surface area (Å²) < 4.78 is 47.9. The van der Waals surface area contributed by atoms with E-state index in [1.165, 1.54) is 6.07 Å². The van der Waals surface area contributed by atoms with Crippen LogP contribution in [0.15, 0.2) is 42.5 Å². The molecule has 5 rings (SSSR count). The molecule has 0 saturated carbocycles. The lowest BCUT2D eigenvalue weighted by atomic mass is 9.75. The molecular formula is C30H39ClFN3O4S. The van der Waals surface area contributed by atoms with Crippen molar-refractivity contribution in [2.75, 3.05) is 30.8 Å². The normalized spacial score (nSPS) is 28.0. The largest absolute Gasteiger partial charge is 0.376 e. The maximum atomic E-state index is 15.1. The van der Waals surface area contributed by atoms with Crippen LogP contribution in [0.3, 0.4) is 0 Å². The molecule has 3 saturated heterocycles. The Morgan fingerprint density at radius 2 is 2.00 bits per heavy atom. The molecule has 3 fully saturated rings. The van der Waals surface area contributed by atoms with Crippen LogP contribution in [0.1, 0.15) is 63.0 Å². The summed E-state index contributed by atoms with van der Waals surface area (Å²) in [6.07, 6.45) is 3.34. The van der Waals surface area contributed by atoms with E-state index in [4.69, 9.17) is 16.3 Å². The zero-order chi connectivity index (χ0) is 28.5. The number of halogens is 2. The molecule has 1 amide bonds. The summed E-state index contributed by atoms with van der Waals surface area (Å²) in [7, 11) is -3.30. The molecule has 0 spiro atoms. The number of rotatable bonds is 8. The predicted molar refractivity (Wildman–Crippen MR) is 156 cm³/mol. The minimum absolute atomic E-state index is 0.0389. The molecule has 3 aliphatic rings. The quantitative estimate of drug-likeness (QED) is 0.446. The van der Waals surface area contributed by atoms with Crippen LogP contribution in [0.4, 0.5) is 10.1 Å². The highest BCUT2D eigenvalue weighted by Gasteiger charge is 2.40. The molecule has 2 unspecified atom stereocenters. The van der Waals surface area contributed by atoms with Crippen molar-refractivity contribution in [3.05, 3.63) is 64.4 Å². The molecule has 10 heteroatoms. The number of carbonyl (C=O) groups excluding carboxylic acids is 1. The molecule has 218 valence electrons. The van der Waals surface area contributed by atoms with Crippen LogP contribution in [0.5, 0.6) is 0 Å². The van der Waals surface area contributed by atoms with Gasteiger partial charge in [0, 0.05) is 54.5 Å². The minimum atomic E-state index is -3.30. The fourth-order valence-corrected chi connectivity index (χ4v) is 8.54.